The Kier molecular flexibility index (Phi) is 10.3. The van der Waals surface area contributed by atoms with Gasteiger partial charge in [-0.05, 0) is 71.6 Å². The van der Waals surface area contributed by atoms with E-state index in [0.717, 1.165) is 25.7 Å². The highest BCUT2D eigenvalue weighted by molar-refractivity contribution is 5.68. The fraction of sp³-hybridized carbons (Fsp3) is 0.591. The normalized spacial score (nSPS) is 15.2. The molecule has 0 aliphatic rings. The van der Waals surface area contributed by atoms with Crippen molar-refractivity contribution in [1.29, 1.82) is 0 Å². The van der Waals surface area contributed by atoms with Crippen LogP contribution < -0.4 is 0 Å². The maximum Gasteiger partial charge on any atom is 0.304 e. The zero-order valence-electron chi connectivity index (χ0n) is 16.5. The van der Waals surface area contributed by atoms with Gasteiger partial charge in [-0.15, -0.1) is 6.58 Å². The van der Waals surface area contributed by atoms with Crippen molar-refractivity contribution in [3.8, 4) is 0 Å². The van der Waals surface area contributed by atoms with Gasteiger partial charge in [0, 0.05) is 0 Å². The lowest BCUT2D eigenvalue weighted by atomic mass is 9.71. The number of hydrogen-bond donors (Lipinski definition) is 1. The highest BCUT2D eigenvalue weighted by Gasteiger charge is 2.32. The van der Waals surface area contributed by atoms with Crippen LogP contribution in [0.4, 0.5) is 0 Å². The first-order chi connectivity index (χ1) is 11.1. The van der Waals surface area contributed by atoms with Gasteiger partial charge >= 0.3 is 5.97 Å². The van der Waals surface area contributed by atoms with Crippen molar-refractivity contribution in [3.05, 3.63) is 47.6 Å². The van der Waals surface area contributed by atoms with Crippen LogP contribution >= 0.6 is 0 Å². The molecule has 24 heavy (non-hydrogen) atoms. The van der Waals surface area contributed by atoms with E-state index in [2.05, 4.69) is 59.4 Å². The number of rotatable bonds is 11. The highest BCUT2D eigenvalue weighted by Crippen LogP contribution is 2.38. The molecule has 0 aliphatic carbocycles. The van der Waals surface area contributed by atoms with E-state index in [1.807, 2.05) is 13.0 Å². The van der Waals surface area contributed by atoms with Crippen LogP contribution in [-0.2, 0) is 4.79 Å². The van der Waals surface area contributed by atoms with Crippen molar-refractivity contribution in [2.24, 2.45) is 11.3 Å². The van der Waals surface area contributed by atoms with Gasteiger partial charge in [0.25, 0.3) is 0 Å². The molecule has 2 nitrogen and oxygen atoms in total. The van der Waals surface area contributed by atoms with Crippen molar-refractivity contribution in [2.75, 3.05) is 0 Å². The van der Waals surface area contributed by atoms with Crippen molar-refractivity contribution in [1.82, 2.24) is 0 Å². The van der Waals surface area contributed by atoms with Gasteiger partial charge in [0.05, 0.1) is 6.42 Å². The second-order valence-corrected chi connectivity index (χ2v) is 7.60. The zero-order valence-corrected chi connectivity index (χ0v) is 16.5. The van der Waals surface area contributed by atoms with Gasteiger partial charge in [-0.25, -0.2) is 0 Å². The Hall–Kier alpha value is -1.57. The third-order valence-electron chi connectivity index (χ3n) is 4.58. The largest absolute Gasteiger partial charge is 0.481 e. The van der Waals surface area contributed by atoms with Gasteiger partial charge in [0.2, 0.25) is 0 Å². The second kappa shape index (κ2) is 11.1. The Labute approximate surface area is 149 Å². The van der Waals surface area contributed by atoms with E-state index in [4.69, 9.17) is 0 Å². The minimum Gasteiger partial charge on any atom is -0.481 e. The summed E-state index contributed by atoms with van der Waals surface area (Å²) >= 11 is 0. The molecule has 0 aliphatic heterocycles. The lowest BCUT2D eigenvalue weighted by Crippen LogP contribution is -2.28. The first-order valence-electron chi connectivity index (χ1n) is 8.88. The van der Waals surface area contributed by atoms with Crippen LogP contribution in [0.3, 0.4) is 0 Å². The smallest absolute Gasteiger partial charge is 0.304 e. The van der Waals surface area contributed by atoms with Crippen LogP contribution in [0.1, 0.15) is 73.6 Å². The molecular weight excluding hydrogens is 296 g/mol. The number of carbonyl (C=O) groups is 1. The average molecular weight is 333 g/mol. The average Bonchev–Trinajstić information content (AvgIpc) is 2.45. The minimum atomic E-state index is -0.760. The van der Waals surface area contributed by atoms with E-state index in [9.17, 15) is 9.90 Å². The predicted octanol–water partition coefficient (Wildman–Crippen LogP) is 6.71. The van der Waals surface area contributed by atoms with Gasteiger partial charge < -0.3 is 5.11 Å². The van der Waals surface area contributed by atoms with Gasteiger partial charge in [-0.2, -0.15) is 0 Å². The SMILES string of the molecule is C=CC(C)(CC(=O)O)C(CC=C(C)C)CC=C(C)CCC=C(C)C. The molecule has 2 unspecified atom stereocenters. The molecule has 0 bridgehead atoms. The van der Waals surface area contributed by atoms with Gasteiger partial charge in [0.1, 0.15) is 0 Å². The maximum atomic E-state index is 11.3. The summed E-state index contributed by atoms with van der Waals surface area (Å²) in [6, 6.07) is 0. The summed E-state index contributed by atoms with van der Waals surface area (Å²) in [4.78, 5) is 11.3. The van der Waals surface area contributed by atoms with Crippen LogP contribution in [0.2, 0.25) is 0 Å². The number of allylic oxidation sites excluding steroid dienone is 7. The van der Waals surface area contributed by atoms with Crippen LogP contribution in [0, 0.1) is 11.3 Å². The highest BCUT2D eigenvalue weighted by atomic mass is 16.4. The Bertz CT molecular complexity index is 500. The van der Waals surface area contributed by atoms with E-state index < -0.39 is 11.4 Å². The molecule has 0 spiro atoms. The molecule has 0 aromatic carbocycles. The summed E-state index contributed by atoms with van der Waals surface area (Å²) in [6.45, 7) is 16.5. The van der Waals surface area contributed by atoms with Crippen LogP contribution in [-0.4, -0.2) is 11.1 Å². The Morgan fingerprint density at radius 3 is 2.04 bits per heavy atom. The molecule has 0 saturated heterocycles. The Morgan fingerprint density at radius 1 is 1.04 bits per heavy atom. The minimum absolute atomic E-state index is 0.127. The first kappa shape index (κ1) is 22.4. The molecule has 0 fully saturated rings. The number of carboxylic acids is 1. The quantitative estimate of drug-likeness (QED) is 0.427. The van der Waals surface area contributed by atoms with Crippen molar-refractivity contribution in [3.63, 3.8) is 0 Å². The van der Waals surface area contributed by atoms with E-state index in [0.29, 0.717) is 0 Å². The molecular formula is C22H36O2. The molecule has 0 radical (unpaired) electrons. The van der Waals surface area contributed by atoms with Crippen LogP contribution in [0.25, 0.3) is 0 Å². The molecule has 0 saturated carbocycles. The van der Waals surface area contributed by atoms with Gasteiger partial charge in [-0.1, -0.05) is 47.9 Å². The third kappa shape index (κ3) is 9.54. The zero-order chi connectivity index (χ0) is 18.8. The second-order valence-electron chi connectivity index (χ2n) is 7.60. The lowest BCUT2D eigenvalue weighted by molar-refractivity contribution is -0.139. The van der Waals surface area contributed by atoms with Crippen molar-refractivity contribution >= 4 is 5.97 Å². The monoisotopic (exact) mass is 332 g/mol. The number of carboxylic acid groups (broad SMARTS) is 1. The van der Waals surface area contributed by atoms with Crippen molar-refractivity contribution < 1.29 is 9.90 Å². The summed E-state index contributed by atoms with van der Waals surface area (Å²) in [5.41, 5.74) is 3.60. The third-order valence-corrected chi connectivity index (χ3v) is 4.58. The summed E-state index contributed by atoms with van der Waals surface area (Å²) in [7, 11) is 0. The fourth-order valence-electron chi connectivity index (χ4n) is 2.76. The predicted molar refractivity (Wildman–Crippen MR) is 105 cm³/mol. The van der Waals surface area contributed by atoms with Crippen LogP contribution in [0.5, 0.6) is 0 Å². The van der Waals surface area contributed by atoms with Gasteiger partial charge in [-0.3, -0.25) is 4.79 Å². The molecule has 136 valence electrons. The molecule has 0 aromatic rings. The molecule has 0 amide bonds. The molecule has 2 heteroatoms. The summed E-state index contributed by atoms with van der Waals surface area (Å²) < 4.78 is 0. The Morgan fingerprint density at radius 2 is 1.58 bits per heavy atom. The first-order valence-corrected chi connectivity index (χ1v) is 8.88. The van der Waals surface area contributed by atoms with Gasteiger partial charge in [0.15, 0.2) is 0 Å². The summed E-state index contributed by atoms with van der Waals surface area (Å²) in [5.74, 6) is -0.511. The molecule has 0 aromatic heterocycles. The van der Waals surface area contributed by atoms with Crippen LogP contribution in [0.15, 0.2) is 47.6 Å². The van der Waals surface area contributed by atoms with E-state index in [-0.39, 0.29) is 12.3 Å². The van der Waals surface area contributed by atoms with E-state index >= 15 is 0 Å². The maximum absolute atomic E-state index is 11.3. The molecule has 0 rings (SSSR count). The number of aliphatic carboxylic acids is 1. The summed E-state index contributed by atoms with van der Waals surface area (Å²) in [6.07, 6.45) is 12.6. The summed E-state index contributed by atoms with van der Waals surface area (Å²) in [5, 5.41) is 9.27. The topological polar surface area (TPSA) is 37.3 Å². The standard InChI is InChI=1S/C22H36O2/c1-8-22(7,16-21(23)24)20(14-12-18(4)5)15-13-19(6)11-9-10-17(2)3/h8,10,12-13,20H,1,9,11,14-16H2,2-7H3,(H,23,24). The van der Waals surface area contributed by atoms with E-state index in [1.54, 1.807) is 0 Å². The fourth-order valence-corrected chi connectivity index (χ4v) is 2.76. The molecule has 0 heterocycles. The molecule has 2 atom stereocenters. The van der Waals surface area contributed by atoms with Crippen molar-refractivity contribution in [2.45, 2.75) is 73.6 Å². The Balaban J connectivity index is 5.13. The lowest BCUT2D eigenvalue weighted by Gasteiger charge is -2.33. The number of hydrogen-bond acceptors (Lipinski definition) is 1. The molecule has 1 N–H and O–H groups in total. The van der Waals surface area contributed by atoms with E-state index in [1.165, 1.54) is 16.7 Å².